The van der Waals surface area contributed by atoms with E-state index in [-0.39, 0.29) is 6.61 Å². The Hall–Kier alpha value is -4.00. The molecule has 0 fully saturated rings. The lowest BCUT2D eigenvalue weighted by molar-refractivity contribution is -0.139. The van der Waals surface area contributed by atoms with Gasteiger partial charge in [-0.15, -0.1) is 0 Å². The van der Waals surface area contributed by atoms with Crippen molar-refractivity contribution in [1.29, 1.82) is 0 Å². The van der Waals surface area contributed by atoms with Gasteiger partial charge in [-0.25, -0.2) is 9.59 Å². The molecule has 0 saturated carbocycles. The second-order valence-electron chi connectivity index (χ2n) is 7.10. The van der Waals surface area contributed by atoms with Crippen molar-refractivity contribution in [3.8, 4) is 11.5 Å². The van der Waals surface area contributed by atoms with Crippen molar-refractivity contribution in [2.24, 2.45) is 0 Å². The summed E-state index contributed by atoms with van der Waals surface area (Å²) in [5.41, 5.74) is 2.79. The molecule has 0 heterocycles. The van der Waals surface area contributed by atoms with Crippen LogP contribution in [0.4, 0.5) is 4.79 Å². The van der Waals surface area contributed by atoms with Gasteiger partial charge in [0.05, 0.1) is 7.11 Å². The first kappa shape index (κ1) is 22.7. The van der Waals surface area contributed by atoms with Crippen LogP contribution in [0, 0.1) is 6.92 Å². The van der Waals surface area contributed by atoms with E-state index in [4.69, 9.17) is 14.2 Å². The standard InChI is InChI=1S/C25H25NO6/c1-17-21(30-2)13-20(14-22(17)31-15-18-9-5-3-6-10-18)23(24(27)28)26-25(29)32-16-19-11-7-4-8-12-19/h3-14,23H,15-16H2,1-2H3,(H,26,29)(H,27,28)/t23-/m0/s1. The zero-order valence-electron chi connectivity index (χ0n) is 17.9. The summed E-state index contributed by atoms with van der Waals surface area (Å²) >= 11 is 0. The van der Waals surface area contributed by atoms with Crippen LogP contribution in [-0.2, 0) is 22.7 Å². The van der Waals surface area contributed by atoms with Crippen LogP contribution in [0.15, 0.2) is 72.8 Å². The summed E-state index contributed by atoms with van der Waals surface area (Å²) in [5, 5.41) is 12.1. The predicted molar refractivity (Wildman–Crippen MR) is 119 cm³/mol. The average Bonchev–Trinajstić information content (AvgIpc) is 2.82. The zero-order chi connectivity index (χ0) is 22.9. The number of alkyl carbamates (subject to hydrolysis) is 1. The Bertz CT molecular complexity index is 1050. The Labute approximate surface area is 186 Å². The number of hydrogen-bond acceptors (Lipinski definition) is 5. The van der Waals surface area contributed by atoms with Crippen molar-refractivity contribution >= 4 is 12.1 Å². The van der Waals surface area contributed by atoms with E-state index >= 15 is 0 Å². The van der Waals surface area contributed by atoms with Crippen molar-refractivity contribution in [1.82, 2.24) is 5.32 Å². The molecule has 3 rings (SSSR count). The van der Waals surface area contributed by atoms with Gasteiger partial charge in [-0.3, -0.25) is 0 Å². The summed E-state index contributed by atoms with van der Waals surface area (Å²) in [5.74, 6) is -0.313. The van der Waals surface area contributed by atoms with Crippen LogP contribution in [0.3, 0.4) is 0 Å². The first-order valence-electron chi connectivity index (χ1n) is 10.0. The Morgan fingerprint density at radius 3 is 2.03 bits per heavy atom. The minimum Gasteiger partial charge on any atom is -0.496 e. The molecule has 0 spiro atoms. The molecule has 0 saturated heterocycles. The molecule has 0 aromatic heterocycles. The first-order valence-corrected chi connectivity index (χ1v) is 10.0. The molecule has 0 aliphatic heterocycles. The number of amides is 1. The van der Waals surface area contributed by atoms with Crippen molar-refractivity contribution in [3.63, 3.8) is 0 Å². The number of hydrogen-bond donors (Lipinski definition) is 2. The van der Waals surface area contributed by atoms with Crippen LogP contribution < -0.4 is 14.8 Å². The number of carboxylic acid groups (broad SMARTS) is 1. The van der Waals surface area contributed by atoms with Gasteiger partial charge in [-0.2, -0.15) is 0 Å². The van der Waals surface area contributed by atoms with Gasteiger partial charge < -0.3 is 24.6 Å². The van der Waals surface area contributed by atoms with Gasteiger partial charge in [0.25, 0.3) is 0 Å². The molecule has 32 heavy (non-hydrogen) atoms. The van der Waals surface area contributed by atoms with Crippen LogP contribution in [0.5, 0.6) is 11.5 Å². The minimum atomic E-state index is -1.34. The number of carboxylic acids is 1. The topological polar surface area (TPSA) is 94.1 Å². The van der Waals surface area contributed by atoms with E-state index in [0.717, 1.165) is 16.7 Å². The summed E-state index contributed by atoms with van der Waals surface area (Å²) in [6.45, 7) is 2.15. The van der Waals surface area contributed by atoms with Crippen molar-refractivity contribution in [2.45, 2.75) is 26.2 Å². The fraction of sp³-hybridized carbons (Fsp3) is 0.200. The van der Waals surface area contributed by atoms with Crippen molar-refractivity contribution in [3.05, 3.63) is 95.1 Å². The number of aliphatic carboxylic acids is 1. The summed E-state index contributed by atoms with van der Waals surface area (Å²) in [7, 11) is 1.49. The molecule has 0 aliphatic rings. The van der Waals surface area contributed by atoms with E-state index in [2.05, 4.69) is 5.32 Å². The minimum absolute atomic E-state index is 0.0294. The summed E-state index contributed by atoms with van der Waals surface area (Å²) in [6, 6.07) is 20.5. The Balaban J connectivity index is 1.77. The molecule has 7 nitrogen and oxygen atoms in total. The maximum absolute atomic E-state index is 12.3. The van der Waals surface area contributed by atoms with Gasteiger partial charge >= 0.3 is 12.1 Å². The Morgan fingerprint density at radius 1 is 0.906 bits per heavy atom. The highest BCUT2D eigenvalue weighted by molar-refractivity contribution is 5.81. The third-order valence-electron chi connectivity index (χ3n) is 4.85. The Kier molecular flexibility index (Phi) is 7.70. The largest absolute Gasteiger partial charge is 0.496 e. The van der Waals surface area contributed by atoms with E-state index in [9.17, 15) is 14.7 Å². The molecule has 2 N–H and O–H groups in total. The fourth-order valence-corrected chi connectivity index (χ4v) is 3.12. The number of ether oxygens (including phenoxy) is 3. The summed E-state index contributed by atoms with van der Waals surface area (Å²) in [6.07, 6.45) is -0.840. The van der Waals surface area contributed by atoms with E-state index in [1.165, 1.54) is 7.11 Å². The SMILES string of the molecule is COc1cc([C@H](NC(=O)OCc2ccccc2)C(=O)O)cc(OCc2ccccc2)c1C. The van der Waals surface area contributed by atoms with Crippen LogP contribution in [0.25, 0.3) is 0 Å². The number of methoxy groups -OCH3 is 1. The lowest BCUT2D eigenvalue weighted by Gasteiger charge is -2.19. The summed E-state index contributed by atoms with van der Waals surface area (Å²) < 4.78 is 16.5. The van der Waals surface area contributed by atoms with Crippen molar-refractivity contribution < 1.29 is 28.9 Å². The molecule has 7 heteroatoms. The van der Waals surface area contributed by atoms with Gasteiger partial charge in [0.1, 0.15) is 24.7 Å². The van der Waals surface area contributed by atoms with Gasteiger partial charge in [0, 0.05) is 5.56 Å². The van der Waals surface area contributed by atoms with Gasteiger partial charge in [0.2, 0.25) is 0 Å². The molecular formula is C25H25NO6. The number of carbonyl (C=O) groups excluding carboxylic acids is 1. The van der Waals surface area contributed by atoms with Crippen molar-refractivity contribution in [2.75, 3.05) is 7.11 Å². The lowest BCUT2D eigenvalue weighted by Crippen LogP contribution is -2.34. The molecule has 166 valence electrons. The Morgan fingerprint density at radius 2 is 1.47 bits per heavy atom. The lowest BCUT2D eigenvalue weighted by atomic mass is 10.0. The molecule has 0 aliphatic carbocycles. The smallest absolute Gasteiger partial charge is 0.408 e. The van der Waals surface area contributed by atoms with Crippen LogP contribution in [0.2, 0.25) is 0 Å². The monoisotopic (exact) mass is 435 g/mol. The zero-order valence-corrected chi connectivity index (χ0v) is 17.9. The fourth-order valence-electron chi connectivity index (χ4n) is 3.12. The number of nitrogens with one attached hydrogen (secondary N) is 1. The molecule has 0 radical (unpaired) electrons. The average molecular weight is 435 g/mol. The van der Waals surface area contributed by atoms with E-state index in [1.807, 2.05) is 67.6 Å². The first-order chi connectivity index (χ1) is 15.5. The molecular weight excluding hydrogens is 410 g/mol. The van der Waals surface area contributed by atoms with E-state index in [1.54, 1.807) is 12.1 Å². The van der Waals surface area contributed by atoms with Gasteiger partial charge in [-0.1, -0.05) is 60.7 Å². The maximum Gasteiger partial charge on any atom is 0.408 e. The van der Waals surface area contributed by atoms with Crippen LogP contribution in [-0.4, -0.2) is 24.3 Å². The quantitative estimate of drug-likeness (QED) is 0.509. The highest BCUT2D eigenvalue weighted by Crippen LogP contribution is 2.33. The third-order valence-corrected chi connectivity index (χ3v) is 4.85. The molecule has 1 atom stereocenters. The molecule has 3 aromatic carbocycles. The number of rotatable bonds is 9. The highest BCUT2D eigenvalue weighted by atomic mass is 16.5. The number of benzene rings is 3. The summed E-state index contributed by atoms with van der Waals surface area (Å²) in [4.78, 5) is 24.2. The normalized spacial score (nSPS) is 11.3. The van der Waals surface area contributed by atoms with Crippen LogP contribution >= 0.6 is 0 Å². The molecule has 1 amide bonds. The van der Waals surface area contributed by atoms with Crippen LogP contribution in [0.1, 0.15) is 28.3 Å². The molecule has 0 unspecified atom stereocenters. The molecule has 3 aromatic rings. The van der Waals surface area contributed by atoms with E-state index < -0.39 is 18.1 Å². The highest BCUT2D eigenvalue weighted by Gasteiger charge is 2.25. The molecule has 0 bridgehead atoms. The van der Waals surface area contributed by atoms with E-state index in [0.29, 0.717) is 23.7 Å². The maximum atomic E-state index is 12.3. The predicted octanol–water partition coefficient (Wildman–Crippen LogP) is 4.63. The third kappa shape index (κ3) is 6.01. The van der Waals surface area contributed by atoms with Gasteiger partial charge in [0.15, 0.2) is 6.04 Å². The van der Waals surface area contributed by atoms with Gasteiger partial charge in [-0.05, 0) is 35.7 Å². The number of carbonyl (C=O) groups is 2. The second-order valence-corrected chi connectivity index (χ2v) is 7.10. The second kappa shape index (κ2) is 10.9.